The minimum atomic E-state index is -0.521. The molecular formula is C29H37N3O4. The van der Waals surface area contributed by atoms with Gasteiger partial charge < -0.3 is 19.1 Å². The summed E-state index contributed by atoms with van der Waals surface area (Å²) in [6, 6.07) is 10.4. The van der Waals surface area contributed by atoms with Crippen molar-refractivity contribution in [2.24, 2.45) is 0 Å². The summed E-state index contributed by atoms with van der Waals surface area (Å²) in [5, 5.41) is 0.966. The fourth-order valence-electron chi connectivity index (χ4n) is 4.95. The van der Waals surface area contributed by atoms with Crippen LogP contribution in [0.3, 0.4) is 0 Å². The second-order valence-corrected chi connectivity index (χ2v) is 10.6. The first kappa shape index (κ1) is 25.9. The summed E-state index contributed by atoms with van der Waals surface area (Å²) < 4.78 is 16.8. The van der Waals surface area contributed by atoms with Gasteiger partial charge in [-0.3, -0.25) is 0 Å². The summed E-state index contributed by atoms with van der Waals surface area (Å²) in [5.74, 6) is 0.903. The maximum absolute atomic E-state index is 12.7. The number of carbonyl (C=O) groups is 1. The lowest BCUT2D eigenvalue weighted by Crippen LogP contribution is -2.42. The number of benzene rings is 1. The van der Waals surface area contributed by atoms with Crippen LogP contribution in [0.15, 0.2) is 30.3 Å². The summed E-state index contributed by atoms with van der Waals surface area (Å²) in [6.07, 6.45) is 1.58. The monoisotopic (exact) mass is 491 g/mol. The summed E-state index contributed by atoms with van der Waals surface area (Å²) in [6.45, 7) is 11.5. The molecule has 2 aromatic heterocycles. The highest BCUT2D eigenvalue weighted by atomic mass is 16.6. The molecule has 1 aromatic carbocycles. The van der Waals surface area contributed by atoms with Crippen LogP contribution in [0.5, 0.6) is 5.75 Å². The van der Waals surface area contributed by atoms with Gasteiger partial charge in [0.05, 0.1) is 19.4 Å². The molecule has 1 fully saturated rings. The first-order chi connectivity index (χ1) is 17.1. The minimum Gasteiger partial charge on any atom is -0.496 e. The molecule has 1 aliphatic heterocycles. The van der Waals surface area contributed by atoms with Gasteiger partial charge in [-0.1, -0.05) is 6.07 Å². The van der Waals surface area contributed by atoms with Crippen molar-refractivity contribution in [3.8, 4) is 17.0 Å². The van der Waals surface area contributed by atoms with Crippen molar-refractivity contribution in [2.45, 2.75) is 65.6 Å². The van der Waals surface area contributed by atoms with Gasteiger partial charge in [0.1, 0.15) is 11.4 Å². The Morgan fingerprint density at radius 1 is 1.11 bits per heavy atom. The van der Waals surface area contributed by atoms with E-state index in [1.54, 1.807) is 19.1 Å². The summed E-state index contributed by atoms with van der Waals surface area (Å²) in [4.78, 5) is 24.5. The second kappa shape index (κ2) is 10.4. The highest BCUT2D eigenvalue weighted by Crippen LogP contribution is 2.35. The topological polar surface area (TPSA) is 73.8 Å². The SMILES string of the molecule is COCc1cc(C2CCCN(C(=O)OC(C)(C)C)C2)nc2nc(-c3c(C)cc(C)cc3OC)ccc12. The van der Waals surface area contributed by atoms with E-state index in [9.17, 15) is 4.79 Å². The van der Waals surface area contributed by atoms with Crippen LogP contribution in [0, 0.1) is 13.8 Å². The van der Waals surface area contributed by atoms with Crippen molar-refractivity contribution in [1.82, 2.24) is 14.9 Å². The number of nitrogens with zero attached hydrogens (tertiary/aromatic N) is 3. The molecule has 4 rings (SSSR count). The van der Waals surface area contributed by atoms with E-state index < -0.39 is 5.60 Å². The number of carbonyl (C=O) groups excluding carboxylic acids is 1. The Morgan fingerprint density at radius 2 is 1.89 bits per heavy atom. The van der Waals surface area contributed by atoms with Crippen molar-refractivity contribution in [3.05, 3.63) is 52.7 Å². The molecule has 1 atom stereocenters. The van der Waals surface area contributed by atoms with E-state index in [0.29, 0.717) is 25.3 Å². The van der Waals surface area contributed by atoms with Gasteiger partial charge in [0.15, 0.2) is 5.65 Å². The van der Waals surface area contributed by atoms with Crippen LogP contribution in [0.2, 0.25) is 0 Å². The lowest BCUT2D eigenvalue weighted by atomic mass is 9.93. The Balaban J connectivity index is 1.74. The molecule has 3 heterocycles. The smallest absolute Gasteiger partial charge is 0.410 e. The van der Waals surface area contributed by atoms with Crippen molar-refractivity contribution in [2.75, 3.05) is 27.3 Å². The molecule has 36 heavy (non-hydrogen) atoms. The van der Waals surface area contributed by atoms with Crippen LogP contribution in [0.25, 0.3) is 22.3 Å². The summed E-state index contributed by atoms with van der Waals surface area (Å²) in [5.41, 5.74) is 6.16. The van der Waals surface area contributed by atoms with Gasteiger partial charge in [0, 0.05) is 42.8 Å². The number of hydrogen-bond donors (Lipinski definition) is 0. The van der Waals surface area contributed by atoms with Crippen molar-refractivity contribution < 1.29 is 19.0 Å². The summed E-state index contributed by atoms with van der Waals surface area (Å²) >= 11 is 0. The largest absolute Gasteiger partial charge is 0.496 e. The third kappa shape index (κ3) is 5.62. The number of piperidine rings is 1. The van der Waals surface area contributed by atoms with Gasteiger partial charge >= 0.3 is 6.09 Å². The number of amides is 1. The van der Waals surface area contributed by atoms with Gasteiger partial charge in [-0.2, -0.15) is 0 Å². The van der Waals surface area contributed by atoms with Gasteiger partial charge in [0.25, 0.3) is 0 Å². The maximum Gasteiger partial charge on any atom is 0.410 e. The van der Waals surface area contributed by atoms with Crippen molar-refractivity contribution >= 4 is 17.1 Å². The lowest BCUT2D eigenvalue weighted by Gasteiger charge is -2.34. The third-order valence-electron chi connectivity index (χ3n) is 6.49. The molecule has 192 valence electrons. The highest BCUT2D eigenvalue weighted by molar-refractivity contribution is 5.83. The van der Waals surface area contributed by atoms with Crippen molar-refractivity contribution in [1.29, 1.82) is 0 Å². The highest BCUT2D eigenvalue weighted by Gasteiger charge is 2.29. The molecule has 1 amide bonds. The number of ether oxygens (including phenoxy) is 3. The minimum absolute atomic E-state index is 0.104. The van der Waals surface area contributed by atoms with Crippen LogP contribution in [-0.4, -0.2) is 53.9 Å². The van der Waals surface area contributed by atoms with Gasteiger partial charge in [-0.25, -0.2) is 14.8 Å². The average molecular weight is 492 g/mol. The number of rotatable bonds is 5. The van der Waals surface area contributed by atoms with Crippen LogP contribution in [-0.2, 0) is 16.1 Å². The molecule has 0 spiro atoms. The first-order valence-electron chi connectivity index (χ1n) is 12.5. The Hall–Kier alpha value is -3.19. The molecule has 1 saturated heterocycles. The molecule has 0 bridgehead atoms. The van der Waals surface area contributed by atoms with E-state index in [2.05, 4.69) is 32.0 Å². The van der Waals surface area contributed by atoms with Gasteiger partial charge in [-0.05, 0) is 88.4 Å². The second-order valence-electron chi connectivity index (χ2n) is 10.6. The zero-order valence-corrected chi connectivity index (χ0v) is 22.5. The van der Waals surface area contributed by atoms with Gasteiger partial charge in [-0.15, -0.1) is 0 Å². The lowest BCUT2D eigenvalue weighted by molar-refractivity contribution is 0.0197. The van der Waals surface area contributed by atoms with Gasteiger partial charge in [0.2, 0.25) is 0 Å². The number of fused-ring (bicyclic) bond motifs is 1. The zero-order valence-electron chi connectivity index (χ0n) is 22.5. The quantitative estimate of drug-likeness (QED) is 0.424. The van der Waals surface area contributed by atoms with E-state index >= 15 is 0 Å². The predicted octanol–water partition coefficient (Wildman–Crippen LogP) is 6.18. The maximum atomic E-state index is 12.7. The summed E-state index contributed by atoms with van der Waals surface area (Å²) in [7, 11) is 3.38. The normalized spacial score (nSPS) is 16.3. The van der Waals surface area contributed by atoms with E-state index in [1.807, 2.05) is 32.9 Å². The number of likely N-dealkylation sites (tertiary alicyclic amines) is 1. The Morgan fingerprint density at radius 3 is 2.58 bits per heavy atom. The molecule has 7 heteroatoms. The van der Waals surface area contributed by atoms with E-state index in [4.69, 9.17) is 24.2 Å². The standard InChI is InChI=1S/C29H37N3O4/c1-18-13-19(2)26(25(14-18)35-7)23-11-10-22-21(17-34-6)15-24(31-27(22)30-23)20-9-8-12-32(16-20)28(33)36-29(3,4)5/h10-11,13-15,20H,8-9,12,16-17H2,1-7H3. The van der Waals surface area contributed by atoms with E-state index in [1.165, 1.54) is 0 Å². The zero-order chi connectivity index (χ0) is 26.0. The number of pyridine rings is 2. The number of hydrogen-bond acceptors (Lipinski definition) is 6. The molecular weight excluding hydrogens is 454 g/mol. The van der Waals surface area contributed by atoms with Crippen LogP contribution in [0.4, 0.5) is 4.79 Å². The van der Waals surface area contributed by atoms with Crippen molar-refractivity contribution in [3.63, 3.8) is 0 Å². The molecule has 3 aromatic rings. The molecule has 0 saturated carbocycles. The van der Waals surface area contributed by atoms with Crippen LogP contribution >= 0.6 is 0 Å². The number of aromatic nitrogens is 2. The fourth-order valence-corrected chi connectivity index (χ4v) is 4.95. The van der Waals surface area contributed by atoms with Crippen LogP contribution < -0.4 is 4.74 Å². The molecule has 0 radical (unpaired) electrons. The molecule has 1 unspecified atom stereocenters. The average Bonchev–Trinajstić information content (AvgIpc) is 2.82. The third-order valence-corrected chi connectivity index (χ3v) is 6.49. The van der Waals surface area contributed by atoms with E-state index in [-0.39, 0.29) is 12.0 Å². The number of methoxy groups -OCH3 is 2. The Kier molecular flexibility index (Phi) is 7.50. The fraction of sp³-hybridized carbons (Fsp3) is 0.483. The molecule has 7 nitrogen and oxygen atoms in total. The van der Waals surface area contributed by atoms with E-state index in [0.717, 1.165) is 57.6 Å². The van der Waals surface area contributed by atoms with Crippen LogP contribution in [0.1, 0.15) is 61.9 Å². The predicted molar refractivity (Wildman–Crippen MR) is 141 cm³/mol. The number of aryl methyl sites for hydroxylation is 2. The molecule has 0 aliphatic carbocycles. The molecule has 1 aliphatic rings. The molecule has 0 N–H and O–H groups in total. The Bertz CT molecular complexity index is 1270. The Labute approximate surface area is 213 Å². The first-order valence-corrected chi connectivity index (χ1v) is 12.5.